The summed E-state index contributed by atoms with van der Waals surface area (Å²) in [5, 5.41) is 15.7. The molecule has 0 unspecified atom stereocenters. The van der Waals surface area contributed by atoms with Gasteiger partial charge in [-0.05, 0) is 66.1 Å². The lowest BCUT2D eigenvalue weighted by Crippen LogP contribution is -2.14. The van der Waals surface area contributed by atoms with E-state index in [1.807, 2.05) is 37.4 Å². The summed E-state index contributed by atoms with van der Waals surface area (Å²) in [6.07, 6.45) is 3.46. The molecule has 9 heteroatoms. The van der Waals surface area contributed by atoms with Crippen LogP contribution in [0.4, 0.5) is 10.2 Å². The fraction of sp³-hybridized carbons (Fsp3) is 0.0833. The first kappa shape index (κ1) is 20.8. The Balaban J connectivity index is 1.51. The Bertz CT molecular complexity index is 1520. The Morgan fingerprint density at radius 3 is 2.64 bits per heavy atom. The zero-order chi connectivity index (χ0) is 23.1. The molecular formula is C24H18ClFN6O. The Morgan fingerprint density at radius 2 is 1.88 bits per heavy atom. The molecule has 5 aromatic rings. The summed E-state index contributed by atoms with van der Waals surface area (Å²) < 4.78 is 16.8. The first-order chi connectivity index (χ1) is 15.9. The zero-order valence-corrected chi connectivity index (χ0v) is 18.5. The number of benzene rings is 2. The summed E-state index contributed by atoms with van der Waals surface area (Å²) in [5.74, 6) is 0.487. The number of carbonyl (C=O) groups is 1. The van der Waals surface area contributed by atoms with E-state index in [1.54, 1.807) is 40.5 Å². The Morgan fingerprint density at radius 1 is 1.03 bits per heavy atom. The average Bonchev–Trinajstić information content (AvgIpc) is 3.39. The maximum Gasteiger partial charge on any atom is 0.256 e. The number of fused-ring (bicyclic) bond motifs is 1. The molecule has 5 rings (SSSR count). The third-order valence-corrected chi connectivity index (χ3v) is 5.77. The predicted molar refractivity (Wildman–Crippen MR) is 125 cm³/mol. The van der Waals surface area contributed by atoms with Crippen molar-refractivity contribution in [2.24, 2.45) is 7.05 Å². The van der Waals surface area contributed by atoms with Crippen molar-refractivity contribution in [3.8, 4) is 22.5 Å². The van der Waals surface area contributed by atoms with E-state index in [4.69, 9.17) is 11.6 Å². The monoisotopic (exact) mass is 460 g/mol. The molecule has 33 heavy (non-hydrogen) atoms. The van der Waals surface area contributed by atoms with Crippen LogP contribution in [-0.4, -0.2) is 30.3 Å². The third kappa shape index (κ3) is 3.85. The van der Waals surface area contributed by atoms with Gasteiger partial charge in [-0.2, -0.15) is 5.10 Å². The smallest absolute Gasteiger partial charge is 0.256 e. The van der Waals surface area contributed by atoms with Crippen LogP contribution in [0.15, 0.2) is 67.0 Å². The third-order valence-electron chi connectivity index (χ3n) is 5.46. The van der Waals surface area contributed by atoms with Crippen LogP contribution in [0.3, 0.4) is 0 Å². The van der Waals surface area contributed by atoms with Crippen LogP contribution in [0.1, 0.15) is 15.9 Å². The van der Waals surface area contributed by atoms with Crippen LogP contribution in [0.5, 0.6) is 0 Å². The van der Waals surface area contributed by atoms with Gasteiger partial charge in [0.1, 0.15) is 11.6 Å². The number of hydrogen-bond acceptors (Lipinski definition) is 4. The van der Waals surface area contributed by atoms with Gasteiger partial charge in [-0.25, -0.2) is 4.39 Å². The van der Waals surface area contributed by atoms with Crippen LogP contribution in [0, 0.1) is 12.7 Å². The summed E-state index contributed by atoms with van der Waals surface area (Å²) in [7, 11) is 1.76. The highest BCUT2D eigenvalue weighted by atomic mass is 35.5. The fourth-order valence-corrected chi connectivity index (χ4v) is 3.92. The van der Waals surface area contributed by atoms with Crippen molar-refractivity contribution in [3.63, 3.8) is 0 Å². The number of anilines is 1. The summed E-state index contributed by atoms with van der Waals surface area (Å²) >= 11 is 6.21. The molecule has 7 nitrogen and oxygen atoms in total. The fourth-order valence-electron chi connectivity index (χ4n) is 3.67. The van der Waals surface area contributed by atoms with Crippen molar-refractivity contribution < 1.29 is 9.18 Å². The lowest BCUT2D eigenvalue weighted by Gasteiger charge is -2.11. The molecule has 3 heterocycles. The molecule has 0 aliphatic carbocycles. The van der Waals surface area contributed by atoms with Crippen LogP contribution in [0.2, 0.25) is 5.02 Å². The van der Waals surface area contributed by atoms with Crippen molar-refractivity contribution in [1.29, 1.82) is 0 Å². The molecular weight excluding hydrogens is 443 g/mol. The van der Waals surface area contributed by atoms with Crippen LogP contribution < -0.4 is 5.32 Å². The first-order valence-electron chi connectivity index (χ1n) is 10.1. The minimum absolute atomic E-state index is 0.225. The number of rotatable bonds is 4. The maximum atomic E-state index is 13.4. The molecule has 0 saturated carbocycles. The van der Waals surface area contributed by atoms with Crippen LogP contribution in [-0.2, 0) is 7.05 Å². The van der Waals surface area contributed by atoms with Gasteiger partial charge in [-0.1, -0.05) is 17.7 Å². The molecule has 0 radical (unpaired) electrons. The van der Waals surface area contributed by atoms with Crippen molar-refractivity contribution in [1.82, 2.24) is 24.4 Å². The van der Waals surface area contributed by atoms with E-state index in [-0.39, 0.29) is 10.9 Å². The number of pyridine rings is 1. The average molecular weight is 461 g/mol. The molecule has 0 fully saturated rings. The number of halogens is 2. The van der Waals surface area contributed by atoms with Crippen molar-refractivity contribution >= 4 is 29.0 Å². The number of amides is 1. The molecule has 164 valence electrons. The van der Waals surface area contributed by atoms with Gasteiger partial charge in [0.2, 0.25) is 0 Å². The summed E-state index contributed by atoms with van der Waals surface area (Å²) in [6.45, 7) is 1.98. The highest BCUT2D eigenvalue weighted by molar-refractivity contribution is 6.33. The van der Waals surface area contributed by atoms with E-state index in [0.29, 0.717) is 28.4 Å². The first-order valence-corrected chi connectivity index (χ1v) is 10.5. The number of nitrogens with zero attached hydrogens (tertiary/aromatic N) is 5. The van der Waals surface area contributed by atoms with Gasteiger partial charge in [-0.15, -0.1) is 10.2 Å². The molecule has 0 bridgehead atoms. The second-order valence-corrected chi connectivity index (χ2v) is 8.02. The molecule has 2 aromatic carbocycles. The molecule has 0 atom stereocenters. The molecule has 0 saturated heterocycles. The van der Waals surface area contributed by atoms with Crippen molar-refractivity contribution in [3.05, 3.63) is 89.0 Å². The minimum atomic E-state index is -0.414. The Kier molecular flexibility index (Phi) is 5.14. The van der Waals surface area contributed by atoms with Gasteiger partial charge in [-0.3, -0.25) is 13.9 Å². The molecule has 0 aliphatic heterocycles. The van der Waals surface area contributed by atoms with E-state index in [1.165, 1.54) is 12.1 Å². The highest BCUT2D eigenvalue weighted by Gasteiger charge is 2.15. The second-order valence-electron chi connectivity index (χ2n) is 7.62. The molecule has 0 spiro atoms. The Labute approximate surface area is 193 Å². The maximum absolute atomic E-state index is 13.4. The van der Waals surface area contributed by atoms with Gasteiger partial charge in [0.15, 0.2) is 11.5 Å². The molecule has 0 aliphatic rings. The van der Waals surface area contributed by atoms with E-state index in [0.717, 1.165) is 16.7 Å². The quantitative estimate of drug-likeness (QED) is 0.402. The van der Waals surface area contributed by atoms with E-state index in [9.17, 15) is 9.18 Å². The Hall–Kier alpha value is -4.04. The number of hydrogen-bond donors (Lipinski definition) is 1. The van der Waals surface area contributed by atoms with E-state index >= 15 is 0 Å². The largest absolute Gasteiger partial charge is 0.307 e. The summed E-state index contributed by atoms with van der Waals surface area (Å²) in [6, 6.07) is 15.2. The normalized spacial score (nSPS) is 11.2. The molecule has 1 amide bonds. The second kappa shape index (κ2) is 8.14. The highest BCUT2D eigenvalue weighted by Crippen LogP contribution is 2.30. The summed E-state index contributed by atoms with van der Waals surface area (Å²) in [4.78, 5) is 12.8. The van der Waals surface area contributed by atoms with Crippen LogP contribution >= 0.6 is 11.6 Å². The van der Waals surface area contributed by atoms with E-state index in [2.05, 4.69) is 20.6 Å². The minimum Gasteiger partial charge on any atom is -0.307 e. The predicted octanol–water partition coefficient (Wildman–Crippen LogP) is 5.15. The topological polar surface area (TPSA) is 77.1 Å². The lowest BCUT2D eigenvalue weighted by molar-refractivity contribution is 0.102. The molecule has 1 N–H and O–H groups in total. The van der Waals surface area contributed by atoms with Gasteiger partial charge >= 0.3 is 0 Å². The number of carbonyl (C=O) groups excluding carboxylic acids is 1. The lowest BCUT2D eigenvalue weighted by atomic mass is 9.98. The number of aryl methyl sites for hydroxylation is 2. The van der Waals surface area contributed by atoms with Gasteiger partial charge in [0, 0.05) is 30.4 Å². The SMILES string of the molecule is Cc1ccc(C(=O)Nc2ccnn2C)cc1-c1ccn2c(-c3ccc(F)cc3Cl)nnc2c1. The van der Waals surface area contributed by atoms with Gasteiger partial charge < -0.3 is 5.32 Å². The van der Waals surface area contributed by atoms with Crippen LogP contribution in [0.25, 0.3) is 28.2 Å². The molecule has 3 aromatic heterocycles. The number of aromatic nitrogens is 5. The van der Waals surface area contributed by atoms with Gasteiger partial charge in [0.05, 0.1) is 11.2 Å². The van der Waals surface area contributed by atoms with Crippen molar-refractivity contribution in [2.45, 2.75) is 6.92 Å². The summed E-state index contributed by atoms with van der Waals surface area (Å²) in [5.41, 5.74) is 4.52. The number of nitrogens with one attached hydrogen (secondary N) is 1. The standard InChI is InChI=1S/C24H18ClFN6O/c1-14-3-4-16(24(33)28-21-7-9-27-31(21)2)11-19(14)15-8-10-32-22(12-15)29-30-23(32)18-6-5-17(26)13-20(18)25/h3-13H,1-2H3,(H,28,33). The van der Waals surface area contributed by atoms with Crippen molar-refractivity contribution in [2.75, 3.05) is 5.32 Å². The zero-order valence-electron chi connectivity index (χ0n) is 17.8. The van der Waals surface area contributed by atoms with E-state index < -0.39 is 5.82 Å². The van der Waals surface area contributed by atoms with Gasteiger partial charge in [0.25, 0.3) is 5.91 Å².